The molecule has 0 bridgehead atoms. The Morgan fingerprint density at radius 3 is 2.20 bits per heavy atom. The zero-order chi connectivity index (χ0) is 58.7. The van der Waals surface area contributed by atoms with E-state index in [1.165, 1.54) is 4.90 Å². The number of piperazine rings is 1. The molecular formula is C62H80N10O9S. The van der Waals surface area contributed by atoms with Crippen LogP contribution in [0.2, 0.25) is 0 Å². The van der Waals surface area contributed by atoms with Crippen LogP contribution in [0.5, 0.6) is 0 Å². The number of nitrogens with zero attached hydrogens (tertiary/aromatic N) is 5. The van der Waals surface area contributed by atoms with E-state index in [1.807, 2.05) is 95.0 Å². The quantitative estimate of drug-likeness (QED) is 0.0499. The molecule has 19 nitrogen and oxygen atoms in total. The Labute approximate surface area is 485 Å². The van der Waals surface area contributed by atoms with E-state index in [-0.39, 0.29) is 48.7 Å². The second-order valence-corrected chi connectivity index (χ2v) is 24.4. The van der Waals surface area contributed by atoms with E-state index in [0.29, 0.717) is 102 Å². The van der Waals surface area contributed by atoms with Crippen molar-refractivity contribution in [1.29, 1.82) is 0 Å². The first kappa shape index (κ1) is 60.5. The molecule has 0 radical (unpaired) electrons. The lowest BCUT2D eigenvalue weighted by Crippen LogP contribution is -2.56. The van der Waals surface area contributed by atoms with Gasteiger partial charge in [-0.2, -0.15) is 0 Å². The number of nitrogens with two attached hydrogens (primary N) is 1. The summed E-state index contributed by atoms with van der Waals surface area (Å²) in [5.41, 5.74) is 13.2. The molecular weight excluding hydrogens is 1060 g/mol. The van der Waals surface area contributed by atoms with Crippen LogP contribution in [0, 0.1) is 11.3 Å². The second-order valence-electron chi connectivity index (χ2n) is 23.3. The molecule has 2 fully saturated rings. The fraction of sp³-hybridized carbons (Fsp3) is 0.484. The van der Waals surface area contributed by atoms with Gasteiger partial charge in [0.05, 0.1) is 10.6 Å². The van der Waals surface area contributed by atoms with E-state index in [1.54, 1.807) is 47.4 Å². The van der Waals surface area contributed by atoms with Gasteiger partial charge in [-0.3, -0.25) is 28.9 Å². The number of rotatable bonds is 21. The Morgan fingerprint density at radius 2 is 1.54 bits per heavy atom. The number of anilines is 1. The first-order valence-corrected chi connectivity index (χ1v) is 29.5. The van der Waals surface area contributed by atoms with Crippen LogP contribution < -0.4 is 27.0 Å². The number of alkyl carbamates (subject to hydrolysis) is 1. The molecule has 3 atom stereocenters. The molecule has 1 aliphatic carbocycles. The molecule has 7 amide bonds. The molecule has 4 aromatic rings. The normalized spacial score (nSPS) is 16.8. The van der Waals surface area contributed by atoms with E-state index in [0.717, 1.165) is 49.7 Å². The Hall–Kier alpha value is -7.58. The SMILES string of the molecule is CCCN(CCCNC(=O)CC(C)(C)C)C(=O)C1=Cc2sc(CN3CCN(C(=O)OCc4ccc(NC(=O)C(NC(=O)[C@@H]5CCCN5C(=O)C(C)NC(=O)OCC5c6ccccc6-c6ccccc65)C(C)C)cc4)CC3)cc2N=C(N)C1. The molecule has 8 rings (SSSR count). The maximum atomic E-state index is 13.9. The number of amidine groups is 1. The monoisotopic (exact) mass is 1140 g/mol. The summed E-state index contributed by atoms with van der Waals surface area (Å²) in [6.07, 6.45) is 3.90. The van der Waals surface area contributed by atoms with Gasteiger partial charge in [-0.15, -0.1) is 11.3 Å². The van der Waals surface area contributed by atoms with E-state index in [4.69, 9.17) is 15.2 Å². The lowest BCUT2D eigenvalue weighted by molar-refractivity contribution is -0.140. The van der Waals surface area contributed by atoms with Crippen molar-refractivity contribution in [3.8, 4) is 11.1 Å². The lowest BCUT2D eigenvalue weighted by Gasteiger charge is -2.33. The van der Waals surface area contributed by atoms with Crippen molar-refractivity contribution in [2.45, 2.75) is 124 Å². The number of hydrogen-bond acceptors (Lipinski definition) is 13. The third kappa shape index (κ3) is 15.7. The lowest BCUT2D eigenvalue weighted by atomic mass is 9.92. The van der Waals surface area contributed by atoms with E-state index in [2.05, 4.69) is 43.3 Å². The minimum Gasteiger partial charge on any atom is -0.449 e. The summed E-state index contributed by atoms with van der Waals surface area (Å²) >= 11 is 1.58. The number of likely N-dealkylation sites (tertiary alicyclic amines) is 1. The highest BCUT2D eigenvalue weighted by molar-refractivity contribution is 7.13. The van der Waals surface area contributed by atoms with Gasteiger partial charge in [0.15, 0.2) is 0 Å². The Morgan fingerprint density at radius 1 is 0.854 bits per heavy atom. The first-order valence-electron chi connectivity index (χ1n) is 28.7. The molecule has 2 unspecified atom stereocenters. The summed E-state index contributed by atoms with van der Waals surface area (Å²) in [5, 5.41) is 11.4. The molecule has 3 aromatic carbocycles. The van der Waals surface area contributed by atoms with Crippen molar-refractivity contribution in [3.05, 3.63) is 111 Å². The van der Waals surface area contributed by atoms with Gasteiger partial charge >= 0.3 is 12.2 Å². The van der Waals surface area contributed by atoms with E-state index >= 15 is 0 Å². The van der Waals surface area contributed by atoms with Crippen LogP contribution in [0.1, 0.15) is 119 Å². The molecule has 20 heteroatoms. The summed E-state index contributed by atoms with van der Waals surface area (Å²) in [7, 11) is 0. The van der Waals surface area contributed by atoms with Crippen LogP contribution in [0.3, 0.4) is 0 Å². The third-order valence-corrected chi connectivity index (χ3v) is 16.2. The van der Waals surface area contributed by atoms with E-state index < -0.39 is 48.0 Å². The number of carbonyl (C=O) groups is 7. The first-order chi connectivity index (χ1) is 39.2. The minimum absolute atomic E-state index is 0.0108. The van der Waals surface area contributed by atoms with Crippen LogP contribution in [-0.4, -0.2) is 144 Å². The Bertz CT molecular complexity index is 2990. The average molecular weight is 1140 g/mol. The number of hydrogen-bond donors (Lipinski definition) is 5. The molecule has 6 N–H and O–H groups in total. The molecule has 438 valence electrons. The van der Waals surface area contributed by atoms with Gasteiger partial charge in [-0.1, -0.05) is 102 Å². The average Bonchev–Trinajstić information content (AvgIpc) is 4.28. The number of amides is 7. The van der Waals surface area contributed by atoms with Crippen molar-refractivity contribution in [1.82, 2.24) is 35.6 Å². The number of benzene rings is 3. The predicted molar refractivity (Wildman–Crippen MR) is 318 cm³/mol. The number of fused-ring (bicyclic) bond motifs is 4. The highest BCUT2D eigenvalue weighted by Crippen LogP contribution is 2.44. The maximum Gasteiger partial charge on any atom is 0.410 e. The van der Waals surface area contributed by atoms with Crippen LogP contribution >= 0.6 is 11.3 Å². The van der Waals surface area contributed by atoms with Gasteiger partial charge in [0, 0.05) is 93.8 Å². The van der Waals surface area contributed by atoms with Crippen LogP contribution in [0.15, 0.2) is 89.4 Å². The van der Waals surface area contributed by atoms with E-state index in [9.17, 15) is 33.6 Å². The highest BCUT2D eigenvalue weighted by atomic mass is 32.1. The minimum atomic E-state index is -0.963. The summed E-state index contributed by atoms with van der Waals surface area (Å²) in [6, 6.07) is 22.3. The zero-order valence-electron chi connectivity index (χ0n) is 48.4. The molecule has 3 aliphatic heterocycles. The summed E-state index contributed by atoms with van der Waals surface area (Å²) < 4.78 is 11.4. The largest absolute Gasteiger partial charge is 0.449 e. The fourth-order valence-electron chi connectivity index (χ4n) is 10.9. The van der Waals surface area contributed by atoms with Crippen LogP contribution in [0.25, 0.3) is 17.2 Å². The standard InChI is InChI=1S/C62H80N10O9S/c1-8-25-70(26-14-24-64-54(73)35-62(5,6)7)59(77)42-32-52-50(67-53(63)33-42)34-44(82-52)36-69-28-30-71(31-29-69)61(79)81-37-41-20-22-43(23-21-41)66-57(75)55(39(2)3)68-56(74)51-19-13-27-72(51)58(76)40(4)65-60(78)80-38-49-47-17-11-9-15-45(47)46-16-10-12-18-48(46)49/h9-12,15-18,20-23,32,34,39-40,49,51,55H,8,13-14,19,24-31,33,35-38H2,1-7H3,(H2,63,67)(H,64,73)(H,65,78)(H,66,75)(H,68,74)/t40?,51-,55?/m0/s1. The van der Waals surface area contributed by atoms with Crippen LogP contribution in [0.4, 0.5) is 21.0 Å². The second kappa shape index (κ2) is 27.5. The number of nitrogens with one attached hydrogen (secondary N) is 4. The molecule has 2 saturated heterocycles. The van der Waals surface area contributed by atoms with Gasteiger partial charge in [0.2, 0.25) is 29.5 Å². The molecule has 1 aromatic heterocycles. The molecule has 4 heterocycles. The molecule has 0 saturated carbocycles. The van der Waals surface area contributed by atoms with Crippen molar-refractivity contribution in [3.63, 3.8) is 0 Å². The topological polar surface area (TPSA) is 237 Å². The van der Waals surface area contributed by atoms with Gasteiger partial charge in [-0.25, -0.2) is 14.6 Å². The Kier molecular flexibility index (Phi) is 20.3. The molecule has 0 spiro atoms. The van der Waals surface area contributed by atoms with Crippen molar-refractivity contribution < 1.29 is 43.0 Å². The van der Waals surface area contributed by atoms with Gasteiger partial charge in [0.25, 0.3) is 0 Å². The smallest absolute Gasteiger partial charge is 0.410 e. The maximum absolute atomic E-state index is 13.9. The van der Waals surface area contributed by atoms with Crippen LogP contribution in [-0.2, 0) is 46.6 Å². The third-order valence-electron chi connectivity index (χ3n) is 15.1. The number of aliphatic imine (C=N–C) groups is 1. The summed E-state index contributed by atoms with van der Waals surface area (Å²) in [5.74, 6) is -1.42. The summed E-state index contributed by atoms with van der Waals surface area (Å²) in [6.45, 7) is 18.3. The van der Waals surface area contributed by atoms with Crippen molar-refractivity contribution in [2.24, 2.45) is 22.1 Å². The Balaban J connectivity index is 0.752. The summed E-state index contributed by atoms with van der Waals surface area (Å²) in [4.78, 5) is 108. The number of carbonyl (C=O) groups excluding carboxylic acids is 7. The number of thiophene rings is 1. The van der Waals surface area contributed by atoms with Gasteiger partial charge < -0.3 is 51.2 Å². The zero-order valence-corrected chi connectivity index (χ0v) is 49.2. The van der Waals surface area contributed by atoms with Crippen molar-refractivity contribution in [2.75, 3.05) is 64.3 Å². The van der Waals surface area contributed by atoms with Gasteiger partial charge in [0.1, 0.15) is 37.2 Å². The number of ether oxygens (including phenoxy) is 2. The molecule has 82 heavy (non-hydrogen) atoms. The van der Waals surface area contributed by atoms with Gasteiger partial charge in [-0.05, 0) is 96.0 Å². The predicted octanol–water partition coefficient (Wildman–Crippen LogP) is 8.16. The van der Waals surface area contributed by atoms with Crippen molar-refractivity contribution >= 4 is 76.3 Å². The fourth-order valence-corrected chi connectivity index (χ4v) is 12.1. The molecule has 4 aliphatic rings. The highest BCUT2D eigenvalue weighted by Gasteiger charge is 2.39.